The smallest absolute Gasteiger partial charge is 0.289 e. The maximum Gasteiger partial charge on any atom is 0.289 e. The number of carbonyl (C=O) groups is 1. The van der Waals surface area contributed by atoms with E-state index in [1.54, 1.807) is 42.5 Å². The first-order valence-corrected chi connectivity index (χ1v) is 9.93. The van der Waals surface area contributed by atoms with Gasteiger partial charge in [0.25, 0.3) is 5.91 Å². The van der Waals surface area contributed by atoms with E-state index in [0.717, 1.165) is 0 Å². The third-order valence-corrected chi connectivity index (χ3v) is 5.08. The normalized spacial score (nSPS) is 13.5. The van der Waals surface area contributed by atoms with E-state index in [0.29, 0.717) is 54.8 Å². The summed E-state index contributed by atoms with van der Waals surface area (Å²) in [6.45, 7) is 2.43. The molecule has 1 amide bonds. The predicted molar refractivity (Wildman–Crippen MR) is 113 cm³/mol. The molecule has 1 saturated heterocycles. The van der Waals surface area contributed by atoms with Crippen LogP contribution in [0.1, 0.15) is 21.9 Å². The fraction of sp³-hybridized carbons (Fsp3) is 0.261. The van der Waals surface area contributed by atoms with Crippen LogP contribution in [0.5, 0.6) is 11.5 Å². The SMILES string of the molecule is COc1ccccc1OCc1ccc(C(=O)N2CCN(c3ncccc3C#N)CC2)o1. The van der Waals surface area contributed by atoms with Crippen LogP contribution in [0.15, 0.2) is 59.1 Å². The maximum atomic E-state index is 12.8. The van der Waals surface area contributed by atoms with Crippen molar-refractivity contribution in [3.63, 3.8) is 0 Å². The number of nitrogens with zero attached hydrogens (tertiary/aromatic N) is 4. The predicted octanol–water partition coefficient (Wildman–Crippen LogP) is 3.10. The summed E-state index contributed by atoms with van der Waals surface area (Å²) >= 11 is 0. The van der Waals surface area contributed by atoms with Crippen molar-refractivity contribution in [2.45, 2.75) is 6.61 Å². The van der Waals surface area contributed by atoms with E-state index in [1.165, 1.54) is 0 Å². The fourth-order valence-corrected chi connectivity index (χ4v) is 3.47. The Hall–Kier alpha value is -3.99. The number of rotatable bonds is 6. The molecule has 158 valence electrons. The van der Waals surface area contributed by atoms with Gasteiger partial charge in [-0.3, -0.25) is 4.79 Å². The minimum atomic E-state index is -0.162. The Morgan fingerprint density at radius 2 is 1.87 bits per heavy atom. The number of methoxy groups -OCH3 is 1. The highest BCUT2D eigenvalue weighted by Gasteiger charge is 2.26. The molecule has 0 radical (unpaired) electrons. The molecule has 0 atom stereocenters. The Kier molecular flexibility index (Phi) is 6.03. The van der Waals surface area contributed by atoms with Crippen LogP contribution in [-0.2, 0) is 6.61 Å². The minimum Gasteiger partial charge on any atom is -0.493 e. The first-order valence-electron chi connectivity index (χ1n) is 9.93. The van der Waals surface area contributed by atoms with Crippen LogP contribution in [0.25, 0.3) is 0 Å². The van der Waals surface area contributed by atoms with Crippen LogP contribution < -0.4 is 14.4 Å². The fourth-order valence-electron chi connectivity index (χ4n) is 3.47. The molecule has 1 aliphatic rings. The van der Waals surface area contributed by atoms with Gasteiger partial charge in [-0.05, 0) is 36.4 Å². The number of aromatic nitrogens is 1. The van der Waals surface area contributed by atoms with Gasteiger partial charge in [0.05, 0.1) is 12.7 Å². The monoisotopic (exact) mass is 418 g/mol. The number of hydrogen-bond donors (Lipinski definition) is 0. The van der Waals surface area contributed by atoms with Gasteiger partial charge in [-0.25, -0.2) is 4.98 Å². The number of hydrogen-bond acceptors (Lipinski definition) is 7. The molecule has 8 heteroatoms. The molecule has 0 bridgehead atoms. The topological polar surface area (TPSA) is 91.8 Å². The quantitative estimate of drug-likeness (QED) is 0.607. The first kappa shape index (κ1) is 20.3. The zero-order chi connectivity index (χ0) is 21.6. The lowest BCUT2D eigenvalue weighted by atomic mass is 10.2. The van der Waals surface area contributed by atoms with Crippen LogP contribution in [-0.4, -0.2) is 49.1 Å². The number of anilines is 1. The largest absolute Gasteiger partial charge is 0.493 e. The summed E-state index contributed by atoms with van der Waals surface area (Å²) in [5, 5.41) is 9.28. The summed E-state index contributed by atoms with van der Waals surface area (Å²) in [7, 11) is 1.58. The third kappa shape index (κ3) is 4.46. The second-order valence-corrected chi connectivity index (χ2v) is 6.97. The van der Waals surface area contributed by atoms with Gasteiger partial charge in [0.1, 0.15) is 24.3 Å². The van der Waals surface area contributed by atoms with Gasteiger partial charge in [-0.15, -0.1) is 0 Å². The number of nitriles is 1. The van der Waals surface area contributed by atoms with Crippen molar-refractivity contribution in [1.29, 1.82) is 5.26 Å². The molecule has 0 saturated carbocycles. The zero-order valence-corrected chi connectivity index (χ0v) is 17.2. The molecule has 3 heterocycles. The van der Waals surface area contributed by atoms with E-state index in [2.05, 4.69) is 11.1 Å². The molecule has 4 rings (SSSR count). The highest BCUT2D eigenvalue weighted by molar-refractivity contribution is 5.91. The molecule has 1 aliphatic heterocycles. The molecule has 0 N–H and O–H groups in total. The van der Waals surface area contributed by atoms with E-state index >= 15 is 0 Å². The zero-order valence-electron chi connectivity index (χ0n) is 17.2. The summed E-state index contributed by atoms with van der Waals surface area (Å²) in [5.41, 5.74) is 0.535. The molecule has 3 aromatic rings. The molecule has 0 aliphatic carbocycles. The Morgan fingerprint density at radius 3 is 2.61 bits per heavy atom. The maximum absolute atomic E-state index is 12.8. The molecule has 8 nitrogen and oxygen atoms in total. The second kappa shape index (κ2) is 9.22. The number of furan rings is 1. The van der Waals surface area contributed by atoms with Gasteiger partial charge >= 0.3 is 0 Å². The summed E-state index contributed by atoms with van der Waals surface area (Å²) in [6.07, 6.45) is 1.67. The highest BCUT2D eigenvalue weighted by atomic mass is 16.5. The lowest BCUT2D eigenvalue weighted by Gasteiger charge is -2.35. The van der Waals surface area contributed by atoms with Crippen LogP contribution in [0.4, 0.5) is 5.82 Å². The molecule has 0 spiro atoms. The van der Waals surface area contributed by atoms with Gasteiger partial charge in [-0.2, -0.15) is 5.26 Å². The molecule has 1 aromatic carbocycles. The van der Waals surface area contributed by atoms with Gasteiger partial charge in [-0.1, -0.05) is 12.1 Å². The van der Waals surface area contributed by atoms with Crippen molar-refractivity contribution in [3.8, 4) is 17.6 Å². The van der Waals surface area contributed by atoms with Crippen molar-refractivity contribution in [1.82, 2.24) is 9.88 Å². The van der Waals surface area contributed by atoms with Gasteiger partial charge in [0.15, 0.2) is 17.3 Å². The standard InChI is InChI=1S/C23H22N4O4/c1-29-19-6-2-3-7-20(19)30-16-18-8-9-21(31-18)23(28)27-13-11-26(12-14-27)22-17(15-24)5-4-10-25-22/h2-10H,11-14,16H2,1H3. The van der Waals surface area contributed by atoms with E-state index < -0.39 is 0 Å². The van der Waals surface area contributed by atoms with Crippen molar-refractivity contribution < 1.29 is 18.7 Å². The molecule has 31 heavy (non-hydrogen) atoms. The molecule has 1 fully saturated rings. The van der Waals surface area contributed by atoms with Crippen LogP contribution >= 0.6 is 0 Å². The van der Waals surface area contributed by atoms with Gasteiger partial charge < -0.3 is 23.7 Å². The highest BCUT2D eigenvalue weighted by Crippen LogP contribution is 2.27. The summed E-state index contributed by atoms with van der Waals surface area (Å²) in [5.74, 6) is 2.57. The number of piperazine rings is 1. The van der Waals surface area contributed by atoms with Crippen LogP contribution in [0.2, 0.25) is 0 Å². The summed E-state index contributed by atoms with van der Waals surface area (Å²) in [6, 6.07) is 16.4. The Labute approximate surface area is 180 Å². The van der Waals surface area contributed by atoms with Crippen LogP contribution in [0, 0.1) is 11.3 Å². The Bertz CT molecular complexity index is 1100. The number of carbonyl (C=O) groups excluding carboxylic acids is 1. The minimum absolute atomic E-state index is 0.162. The van der Waals surface area contributed by atoms with E-state index in [9.17, 15) is 10.1 Å². The van der Waals surface area contributed by atoms with E-state index in [1.807, 2.05) is 29.2 Å². The average molecular weight is 418 g/mol. The molecule has 0 unspecified atom stereocenters. The number of amides is 1. The van der Waals surface area contributed by atoms with Gasteiger partial charge in [0.2, 0.25) is 0 Å². The number of para-hydroxylation sites is 2. The van der Waals surface area contributed by atoms with Crippen molar-refractivity contribution >= 4 is 11.7 Å². The second-order valence-electron chi connectivity index (χ2n) is 6.97. The van der Waals surface area contributed by atoms with E-state index in [-0.39, 0.29) is 18.3 Å². The number of ether oxygens (including phenoxy) is 2. The van der Waals surface area contributed by atoms with Crippen LogP contribution in [0.3, 0.4) is 0 Å². The van der Waals surface area contributed by atoms with Gasteiger partial charge in [0, 0.05) is 32.4 Å². The lowest BCUT2D eigenvalue weighted by molar-refractivity contribution is 0.0710. The Balaban J connectivity index is 1.35. The Morgan fingerprint density at radius 1 is 1.10 bits per heavy atom. The molecule has 2 aromatic heterocycles. The first-order chi connectivity index (χ1) is 15.2. The lowest BCUT2D eigenvalue weighted by Crippen LogP contribution is -2.49. The van der Waals surface area contributed by atoms with Crippen molar-refractivity contribution in [2.75, 3.05) is 38.2 Å². The third-order valence-electron chi connectivity index (χ3n) is 5.08. The van der Waals surface area contributed by atoms with E-state index in [4.69, 9.17) is 13.9 Å². The number of pyridine rings is 1. The summed E-state index contributed by atoms with van der Waals surface area (Å²) in [4.78, 5) is 20.9. The average Bonchev–Trinajstić information content (AvgIpc) is 3.31. The number of benzene rings is 1. The summed E-state index contributed by atoms with van der Waals surface area (Å²) < 4.78 is 16.7. The molecular weight excluding hydrogens is 396 g/mol. The van der Waals surface area contributed by atoms with Crippen molar-refractivity contribution in [2.24, 2.45) is 0 Å². The van der Waals surface area contributed by atoms with Crippen molar-refractivity contribution in [3.05, 3.63) is 71.8 Å². The molecular formula is C23H22N4O4.